The van der Waals surface area contributed by atoms with Crippen LogP contribution in [0.15, 0.2) is 0 Å². The normalized spacial score (nSPS) is 14.2. The lowest BCUT2D eigenvalue weighted by atomic mass is 9.92. The monoisotopic (exact) mass is 631 g/mol. The van der Waals surface area contributed by atoms with Gasteiger partial charge in [-0.15, -0.1) is 23.2 Å². The van der Waals surface area contributed by atoms with E-state index in [2.05, 4.69) is 9.47 Å². The largest absolute Gasteiger partial charge is 0.462 e. The van der Waals surface area contributed by atoms with Crippen molar-refractivity contribution >= 4 is 41.0 Å². The van der Waals surface area contributed by atoms with Gasteiger partial charge >= 0.3 is 47.7 Å². The summed E-state index contributed by atoms with van der Waals surface area (Å²) >= 11 is 10.3. The first-order chi connectivity index (χ1) is 16.8. The molecule has 6 nitrogen and oxygen atoms in total. The fourth-order valence-corrected chi connectivity index (χ4v) is 2.45. The molecule has 0 rings (SSSR count). The van der Waals surface area contributed by atoms with Crippen LogP contribution in [0.5, 0.6) is 0 Å². The first-order valence-electron chi connectivity index (χ1n) is 9.46. The van der Waals surface area contributed by atoms with E-state index < -0.39 is 97.0 Å². The number of alkyl halides is 15. The molecule has 0 heterocycles. The summed E-state index contributed by atoms with van der Waals surface area (Å²) in [6.07, 6.45) is -12.3. The lowest BCUT2D eigenvalue weighted by Gasteiger charge is -2.39. The van der Waals surface area contributed by atoms with Crippen molar-refractivity contribution in [2.75, 3.05) is 25.0 Å². The predicted molar refractivity (Wildman–Crippen MR) is 99.9 cm³/mol. The molecular weight excluding hydrogens is 616 g/mol. The standard InChI is InChI=1S/C17H16Cl2F13NO5/c1-11(6-37-9(35)4-18,7-38-10(36)5-19)33-8(34)2-3-12(20,21)13(22,23)14(24,25)15(26,27)16(28,29)17(30,31)32/h2-7H2,1H3,(H,33,34). The Morgan fingerprint density at radius 3 is 1.37 bits per heavy atom. The molecule has 224 valence electrons. The Morgan fingerprint density at radius 1 is 0.658 bits per heavy atom. The van der Waals surface area contributed by atoms with Crippen LogP contribution >= 0.6 is 23.2 Å². The van der Waals surface area contributed by atoms with E-state index in [1.807, 2.05) is 0 Å². The maximum Gasteiger partial charge on any atom is 0.460 e. The minimum Gasteiger partial charge on any atom is -0.462 e. The highest BCUT2D eigenvalue weighted by Crippen LogP contribution is 2.60. The molecule has 1 N–H and O–H groups in total. The Balaban J connectivity index is 5.81. The average Bonchev–Trinajstić information content (AvgIpc) is 2.78. The SMILES string of the molecule is CC(COC(=O)CCl)(COC(=O)CCl)NC(=O)CCC(F)(F)C(F)(F)C(F)(F)C(F)(F)C(F)(F)C(F)(F)F. The number of amides is 1. The van der Waals surface area contributed by atoms with E-state index in [4.69, 9.17) is 23.2 Å². The van der Waals surface area contributed by atoms with E-state index in [-0.39, 0.29) is 0 Å². The van der Waals surface area contributed by atoms with Gasteiger partial charge in [0.15, 0.2) is 0 Å². The molecule has 1 amide bonds. The van der Waals surface area contributed by atoms with E-state index in [9.17, 15) is 71.5 Å². The lowest BCUT2D eigenvalue weighted by Crippen LogP contribution is -2.70. The fourth-order valence-electron chi connectivity index (χ4n) is 2.30. The molecule has 0 fully saturated rings. The Hall–Kier alpha value is -1.92. The zero-order chi connectivity index (χ0) is 30.6. The molecule has 0 aliphatic carbocycles. The first kappa shape index (κ1) is 36.1. The zero-order valence-electron chi connectivity index (χ0n) is 18.5. The Morgan fingerprint density at radius 2 is 1.03 bits per heavy atom. The van der Waals surface area contributed by atoms with Crippen molar-refractivity contribution in [2.24, 2.45) is 0 Å². The van der Waals surface area contributed by atoms with Crippen LogP contribution in [-0.2, 0) is 23.9 Å². The van der Waals surface area contributed by atoms with Crippen LogP contribution in [-0.4, -0.2) is 84.1 Å². The molecule has 0 aliphatic heterocycles. The number of carbonyl (C=O) groups is 3. The summed E-state index contributed by atoms with van der Waals surface area (Å²) < 4.78 is 180. The van der Waals surface area contributed by atoms with Crippen molar-refractivity contribution in [2.45, 2.75) is 61.1 Å². The third-order valence-electron chi connectivity index (χ3n) is 4.43. The highest BCUT2D eigenvalue weighted by Gasteiger charge is 2.90. The molecule has 0 saturated carbocycles. The number of carbonyl (C=O) groups excluding carboxylic acids is 3. The minimum absolute atomic E-state index is 0.751. The van der Waals surface area contributed by atoms with Gasteiger partial charge in [-0.2, -0.15) is 57.1 Å². The Kier molecular flexibility index (Phi) is 11.5. The van der Waals surface area contributed by atoms with Crippen molar-refractivity contribution in [1.82, 2.24) is 5.32 Å². The second-order valence-corrected chi connectivity index (χ2v) is 8.23. The molecule has 0 aromatic heterocycles. The number of rotatable bonds is 14. The molecule has 0 unspecified atom stereocenters. The second-order valence-electron chi connectivity index (χ2n) is 7.70. The molecule has 0 spiro atoms. The molecule has 0 radical (unpaired) electrons. The topological polar surface area (TPSA) is 81.7 Å². The third-order valence-corrected chi connectivity index (χ3v) is 4.86. The van der Waals surface area contributed by atoms with Gasteiger partial charge in [0.2, 0.25) is 5.91 Å². The van der Waals surface area contributed by atoms with E-state index in [0.717, 1.165) is 6.92 Å². The van der Waals surface area contributed by atoms with Crippen molar-refractivity contribution in [3.63, 3.8) is 0 Å². The molecule has 38 heavy (non-hydrogen) atoms. The highest BCUT2D eigenvalue weighted by atomic mass is 35.5. The van der Waals surface area contributed by atoms with E-state index >= 15 is 0 Å². The number of esters is 2. The van der Waals surface area contributed by atoms with E-state index in [0.29, 0.717) is 0 Å². The average molecular weight is 632 g/mol. The fraction of sp³-hybridized carbons (Fsp3) is 0.824. The van der Waals surface area contributed by atoms with Gasteiger partial charge in [0.05, 0.1) is 0 Å². The van der Waals surface area contributed by atoms with Crippen LogP contribution < -0.4 is 5.32 Å². The summed E-state index contributed by atoms with van der Waals surface area (Å²) in [4.78, 5) is 34.3. The summed E-state index contributed by atoms with van der Waals surface area (Å²) in [5, 5.41) is 1.73. The van der Waals surface area contributed by atoms with Crippen LogP contribution in [0.25, 0.3) is 0 Å². The van der Waals surface area contributed by atoms with Crippen LogP contribution in [0.2, 0.25) is 0 Å². The molecule has 0 aromatic rings. The summed E-state index contributed by atoms with van der Waals surface area (Å²) in [6, 6.07) is 0. The summed E-state index contributed by atoms with van der Waals surface area (Å²) in [5.74, 6) is -43.5. The van der Waals surface area contributed by atoms with Gasteiger partial charge in [0.1, 0.15) is 30.5 Å². The van der Waals surface area contributed by atoms with Gasteiger partial charge in [-0.25, -0.2) is 0 Å². The maximum atomic E-state index is 13.9. The predicted octanol–water partition coefficient (Wildman–Crippen LogP) is 4.94. The van der Waals surface area contributed by atoms with E-state index in [1.165, 1.54) is 0 Å². The van der Waals surface area contributed by atoms with Crippen LogP contribution in [0.1, 0.15) is 19.8 Å². The van der Waals surface area contributed by atoms with Crippen molar-refractivity contribution in [3.05, 3.63) is 0 Å². The number of ether oxygens (including phenoxy) is 2. The van der Waals surface area contributed by atoms with Crippen molar-refractivity contribution in [3.8, 4) is 0 Å². The molecule has 0 saturated heterocycles. The summed E-state index contributed by atoms with van der Waals surface area (Å²) in [6.45, 7) is -0.943. The van der Waals surface area contributed by atoms with Crippen LogP contribution in [0, 0.1) is 0 Å². The van der Waals surface area contributed by atoms with Crippen LogP contribution in [0.4, 0.5) is 57.1 Å². The molecule has 0 bridgehead atoms. The molecular formula is C17H16Cl2F13NO5. The number of halogens is 15. The molecule has 0 atom stereocenters. The van der Waals surface area contributed by atoms with Gasteiger partial charge in [-0.05, 0) is 6.92 Å². The quantitative estimate of drug-likeness (QED) is 0.167. The first-order valence-corrected chi connectivity index (χ1v) is 10.5. The smallest absolute Gasteiger partial charge is 0.460 e. The van der Waals surface area contributed by atoms with Crippen molar-refractivity contribution in [1.29, 1.82) is 0 Å². The van der Waals surface area contributed by atoms with Crippen LogP contribution in [0.3, 0.4) is 0 Å². The van der Waals surface area contributed by atoms with Crippen molar-refractivity contribution < 1.29 is 80.9 Å². The van der Waals surface area contributed by atoms with Gasteiger partial charge in [-0.1, -0.05) is 0 Å². The van der Waals surface area contributed by atoms with Gasteiger partial charge in [0, 0.05) is 12.8 Å². The molecule has 21 heteroatoms. The highest BCUT2D eigenvalue weighted by molar-refractivity contribution is 6.26. The van der Waals surface area contributed by atoms with Gasteiger partial charge in [0.25, 0.3) is 0 Å². The Labute approximate surface area is 214 Å². The summed E-state index contributed by atoms with van der Waals surface area (Å²) in [5.41, 5.74) is -2.04. The summed E-state index contributed by atoms with van der Waals surface area (Å²) in [7, 11) is 0. The molecule has 0 aromatic carbocycles. The van der Waals surface area contributed by atoms with E-state index in [1.54, 1.807) is 5.32 Å². The molecule has 0 aliphatic rings. The zero-order valence-corrected chi connectivity index (χ0v) is 20.0. The number of hydrogen-bond acceptors (Lipinski definition) is 5. The Bertz CT molecular complexity index is 848. The van der Waals surface area contributed by atoms with Gasteiger partial charge in [-0.3, -0.25) is 14.4 Å². The maximum absolute atomic E-state index is 13.9. The van der Waals surface area contributed by atoms with Gasteiger partial charge < -0.3 is 14.8 Å². The second kappa shape index (κ2) is 12.1. The lowest BCUT2D eigenvalue weighted by molar-refractivity contribution is -0.440. The third kappa shape index (κ3) is 7.59. The number of hydrogen-bond donors (Lipinski definition) is 1. The number of nitrogens with one attached hydrogen (secondary N) is 1. The minimum atomic E-state index is -8.06.